The lowest BCUT2D eigenvalue weighted by Crippen LogP contribution is -2.44. The van der Waals surface area contributed by atoms with Gasteiger partial charge in [0, 0.05) is 25.7 Å². The molecular formula is C13H28N2O2S. The molecule has 0 aromatic rings. The number of hydrogen-bond donors (Lipinski definition) is 0. The molecule has 108 valence electrons. The Morgan fingerprint density at radius 3 is 2.06 bits per heavy atom. The second kappa shape index (κ2) is 6.35. The van der Waals surface area contributed by atoms with Crippen LogP contribution in [-0.2, 0) is 10.0 Å². The Morgan fingerprint density at radius 2 is 1.67 bits per heavy atom. The van der Waals surface area contributed by atoms with Crippen LogP contribution < -0.4 is 0 Å². The molecular weight excluding hydrogens is 248 g/mol. The van der Waals surface area contributed by atoms with Gasteiger partial charge in [-0.2, -0.15) is 0 Å². The van der Waals surface area contributed by atoms with Gasteiger partial charge in [-0.1, -0.05) is 0 Å². The minimum Gasteiger partial charge on any atom is -0.304 e. The van der Waals surface area contributed by atoms with Crippen molar-refractivity contribution in [1.82, 2.24) is 9.21 Å². The van der Waals surface area contributed by atoms with Gasteiger partial charge < -0.3 is 4.90 Å². The van der Waals surface area contributed by atoms with E-state index < -0.39 is 10.0 Å². The Hall–Kier alpha value is -0.130. The van der Waals surface area contributed by atoms with E-state index in [9.17, 15) is 8.42 Å². The van der Waals surface area contributed by atoms with Crippen molar-refractivity contribution < 1.29 is 8.42 Å². The molecule has 0 saturated carbocycles. The fraction of sp³-hybridized carbons (Fsp3) is 1.00. The summed E-state index contributed by atoms with van der Waals surface area (Å²) in [5.74, 6) is 0.635. The summed E-state index contributed by atoms with van der Waals surface area (Å²) in [6.45, 7) is 10.4. The highest BCUT2D eigenvalue weighted by atomic mass is 32.2. The maximum absolute atomic E-state index is 12.0. The van der Waals surface area contributed by atoms with E-state index in [4.69, 9.17) is 0 Å². The summed E-state index contributed by atoms with van der Waals surface area (Å²) in [4.78, 5) is 2.34. The predicted octanol–water partition coefficient (Wildman–Crippen LogP) is 1.78. The monoisotopic (exact) mass is 276 g/mol. The molecule has 4 nitrogen and oxygen atoms in total. The molecule has 0 atom stereocenters. The van der Waals surface area contributed by atoms with E-state index in [2.05, 4.69) is 25.8 Å². The van der Waals surface area contributed by atoms with Crippen LogP contribution in [0.4, 0.5) is 0 Å². The second-order valence-electron chi connectivity index (χ2n) is 5.97. The molecule has 1 saturated heterocycles. The first-order valence-electron chi connectivity index (χ1n) is 6.94. The molecule has 1 aliphatic rings. The number of rotatable bonds is 5. The molecule has 0 spiro atoms. The summed E-state index contributed by atoms with van der Waals surface area (Å²) in [6.07, 6.45) is 1.98. The minimum atomic E-state index is -3.05. The van der Waals surface area contributed by atoms with Gasteiger partial charge in [-0.3, -0.25) is 0 Å². The smallest absolute Gasteiger partial charge is 0.216 e. The summed E-state index contributed by atoms with van der Waals surface area (Å²) in [6, 6.07) is 0.558. The third kappa shape index (κ3) is 3.93. The second-order valence-corrected chi connectivity index (χ2v) is 8.46. The van der Waals surface area contributed by atoms with E-state index >= 15 is 0 Å². The molecule has 0 aromatic heterocycles. The Balaban J connectivity index is 2.47. The topological polar surface area (TPSA) is 40.6 Å². The maximum atomic E-state index is 12.0. The first kappa shape index (κ1) is 15.9. The van der Waals surface area contributed by atoms with Crippen molar-refractivity contribution in [3.8, 4) is 0 Å². The zero-order chi connectivity index (χ0) is 13.9. The van der Waals surface area contributed by atoms with Crippen molar-refractivity contribution in [3.63, 3.8) is 0 Å². The molecule has 1 fully saturated rings. The molecule has 18 heavy (non-hydrogen) atoms. The van der Waals surface area contributed by atoms with Gasteiger partial charge in [-0.25, -0.2) is 12.7 Å². The summed E-state index contributed by atoms with van der Waals surface area (Å²) in [5.41, 5.74) is 0. The van der Waals surface area contributed by atoms with Crippen LogP contribution in [0.1, 0.15) is 40.5 Å². The van der Waals surface area contributed by atoms with Crippen LogP contribution in [0.2, 0.25) is 0 Å². The first-order chi connectivity index (χ1) is 8.25. The lowest BCUT2D eigenvalue weighted by molar-refractivity contribution is 0.181. The summed E-state index contributed by atoms with van der Waals surface area (Å²) in [5, 5.41) is -0.299. The van der Waals surface area contributed by atoms with Crippen LogP contribution in [0.25, 0.3) is 0 Å². The molecule has 0 bridgehead atoms. The van der Waals surface area contributed by atoms with Crippen LogP contribution in [0, 0.1) is 5.92 Å². The van der Waals surface area contributed by atoms with Crippen molar-refractivity contribution in [1.29, 1.82) is 0 Å². The molecule has 0 N–H and O–H groups in total. The Bertz CT molecular complexity index is 344. The standard InChI is InChI=1S/C13H28N2O2S/c1-11(2)14(5)10-13-6-8-15(9-7-13)18(16,17)12(3)4/h11-13H,6-10H2,1-5H3. The van der Waals surface area contributed by atoms with Gasteiger partial charge in [0.25, 0.3) is 0 Å². The molecule has 0 aliphatic carbocycles. The predicted molar refractivity (Wildman–Crippen MR) is 76.1 cm³/mol. The summed E-state index contributed by atoms with van der Waals surface area (Å²) < 4.78 is 25.7. The van der Waals surface area contributed by atoms with E-state index in [0.717, 1.165) is 19.4 Å². The lowest BCUT2D eigenvalue weighted by atomic mass is 9.97. The Labute approximate surface area is 112 Å². The highest BCUT2D eigenvalue weighted by Crippen LogP contribution is 2.22. The molecule has 1 aliphatic heterocycles. The highest BCUT2D eigenvalue weighted by Gasteiger charge is 2.30. The zero-order valence-corrected chi connectivity index (χ0v) is 13.2. The first-order valence-corrected chi connectivity index (χ1v) is 8.44. The van der Waals surface area contributed by atoms with Crippen LogP contribution in [0.15, 0.2) is 0 Å². The SMILES string of the molecule is CC(C)N(C)CC1CCN(S(=O)(=O)C(C)C)CC1. The van der Waals surface area contributed by atoms with Crippen molar-refractivity contribution in [2.75, 3.05) is 26.7 Å². The fourth-order valence-electron chi connectivity index (χ4n) is 2.26. The van der Waals surface area contributed by atoms with Crippen molar-refractivity contribution in [3.05, 3.63) is 0 Å². The lowest BCUT2D eigenvalue weighted by Gasteiger charge is -2.35. The number of hydrogen-bond acceptors (Lipinski definition) is 3. The van der Waals surface area contributed by atoms with Gasteiger partial charge in [-0.05, 0) is 53.5 Å². The van der Waals surface area contributed by atoms with E-state index in [0.29, 0.717) is 25.0 Å². The van der Waals surface area contributed by atoms with E-state index in [1.165, 1.54) is 0 Å². The summed E-state index contributed by atoms with van der Waals surface area (Å²) >= 11 is 0. The average molecular weight is 276 g/mol. The molecule has 1 heterocycles. The van der Waals surface area contributed by atoms with Gasteiger partial charge in [-0.15, -0.1) is 0 Å². The van der Waals surface area contributed by atoms with Gasteiger partial charge >= 0.3 is 0 Å². The van der Waals surface area contributed by atoms with Gasteiger partial charge in [0.2, 0.25) is 10.0 Å². The van der Waals surface area contributed by atoms with E-state index in [1.54, 1.807) is 18.2 Å². The van der Waals surface area contributed by atoms with Gasteiger partial charge in [0.1, 0.15) is 0 Å². The van der Waals surface area contributed by atoms with E-state index in [-0.39, 0.29) is 5.25 Å². The van der Waals surface area contributed by atoms with Crippen LogP contribution in [0.5, 0.6) is 0 Å². The quantitative estimate of drug-likeness (QED) is 0.768. The molecule has 0 aromatic carbocycles. The zero-order valence-electron chi connectivity index (χ0n) is 12.4. The maximum Gasteiger partial charge on any atom is 0.216 e. The van der Waals surface area contributed by atoms with Crippen molar-refractivity contribution in [2.45, 2.75) is 51.8 Å². The number of sulfonamides is 1. The molecule has 0 unspecified atom stereocenters. The third-order valence-electron chi connectivity index (χ3n) is 3.96. The molecule has 1 rings (SSSR count). The Morgan fingerprint density at radius 1 is 1.17 bits per heavy atom. The largest absolute Gasteiger partial charge is 0.304 e. The fourth-order valence-corrected chi connectivity index (χ4v) is 3.58. The number of nitrogens with zero attached hydrogens (tertiary/aromatic N) is 2. The highest BCUT2D eigenvalue weighted by molar-refractivity contribution is 7.89. The third-order valence-corrected chi connectivity index (χ3v) is 6.23. The van der Waals surface area contributed by atoms with E-state index in [1.807, 2.05) is 0 Å². The molecule has 5 heteroatoms. The van der Waals surface area contributed by atoms with Crippen LogP contribution >= 0.6 is 0 Å². The average Bonchev–Trinajstić information content (AvgIpc) is 2.29. The summed E-state index contributed by atoms with van der Waals surface area (Å²) in [7, 11) is -0.908. The van der Waals surface area contributed by atoms with Gasteiger partial charge in [0.15, 0.2) is 0 Å². The Kier molecular flexibility index (Phi) is 5.62. The molecule has 0 radical (unpaired) electrons. The molecule has 0 amide bonds. The van der Waals surface area contributed by atoms with Gasteiger partial charge in [0.05, 0.1) is 5.25 Å². The number of piperidine rings is 1. The van der Waals surface area contributed by atoms with Crippen LogP contribution in [0.3, 0.4) is 0 Å². The van der Waals surface area contributed by atoms with Crippen LogP contribution in [-0.4, -0.2) is 55.6 Å². The van der Waals surface area contributed by atoms with Crippen molar-refractivity contribution >= 4 is 10.0 Å². The minimum absolute atomic E-state index is 0.299. The normalized spacial score (nSPS) is 20.2. The van der Waals surface area contributed by atoms with Crippen molar-refractivity contribution in [2.24, 2.45) is 5.92 Å².